The maximum absolute atomic E-state index is 13.2. The maximum atomic E-state index is 13.2. The maximum Gasteiger partial charge on any atom is 0.178 e. The summed E-state index contributed by atoms with van der Waals surface area (Å²) in [7, 11) is 0. The molecule has 0 aromatic rings. The molecule has 5 nitrogen and oxygen atoms in total. The Morgan fingerprint density at radius 3 is 2.40 bits per heavy atom. The summed E-state index contributed by atoms with van der Waals surface area (Å²) in [6.45, 7) is 13.3. The molecule has 6 rings (SSSR count). The number of hydrogen-bond donors (Lipinski definition) is 2. The third kappa shape index (κ3) is 2.42. The highest BCUT2D eigenvalue weighted by Crippen LogP contribution is 2.78. The largest absolute Gasteiger partial charge is 0.393 e. The van der Waals surface area contributed by atoms with Crippen molar-refractivity contribution in [2.24, 2.45) is 43.9 Å². The molecule has 8 atom stereocenters. The molecule has 1 unspecified atom stereocenters. The fourth-order valence-corrected chi connectivity index (χ4v) is 10.2. The molecule has 0 radical (unpaired) electrons. The summed E-state index contributed by atoms with van der Waals surface area (Å²) >= 11 is 0. The van der Waals surface area contributed by atoms with Crippen molar-refractivity contribution in [2.75, 3.05) is 6.61 Å². The Kier molecular flexibility index (Phi) is 4.30. The first-order valence-electron chi connectivity index (χ1n) is 13.5. The first-order valence-corrected chi connectivity index (χ1v) is 13.5. The van der Waals surface area contributed by atoms with Gasteiger partial charge in [0, 0.05) is 16.2 Å². The number of carbonyl (C=O) groups excluding carboxylic acids is 1. The van der Waals surface area contributed by atoms with Gasteiger partial charge in [0.05, 0.1) is 23.5 Å². The van der Waals surface area contributed by atoms with Crippen LogP contribution in [0.15, 0.2) is 28.3 Å². The molecule has 1 heterocycles. The molecule has 5 aliphatic carbocycles. The lowest BCUT2D eigenvalue weighted by molar-refractivity contribution is -0.158. The average Bonchev–Trinajstić information content (AvgIpc) is 3.54. The second-order valence-electron chi connectivity index (χ2n) is 14.4. The molecule has 6 aliphatic rings. The van der Waals surface area contributed by atoms with Crippen LogP contribution in [0.25, 0.3) is 0 Å². The Hall–Kier alpha value is -1.77. The monoisotopic (exact) mass is 476 g/mol. The fraction of sp³-hybridized carbons (Fsp3) is 0.767. The lowest BCUT2D eigenvalue weighted by Gasteiger charge is -2.69. The number of nitrogens with zero attached hydrogens (tertiary/aromatic N) is 2. The van der Waals surface area contributed by atoms with Crippen LogP contribution < -0.4 is 0 Å². The van der Waals surface area contributed by atoms with E-state index in [1.165, 1.54) is 5.57 Å². The average molecular weight is 477 g/mol. The number of Topliss-reactive ketones (excluding diaryl/α,β-unsaturated/α-hetero) is 1. The molecular weight excluding hydrogens is 436 g/mol. The van der Waals surface area contributed by atoms with Crippen LogP contribution >= 0.6 is 0 Å². The number of aliphatic imine (C=N–C) groups is 1. The lowest BCUT2D eigenvalue weighted by Crippen LogP contribution is -2.68. The smallest absolute Gasteiger partial charge is 0.178 e. The van der Waals surface area contributed by atoms with Crippen molar-refractivity contribution < 1.29 is 15.0 Å². The topological polar surface area (TPSA) is 93.7 Å². The highest BCUT2D eigenvalue weighted by molar-refractivity contribution is 6.16. The number of hydrogen-bond acceptors (Lipinski definition) is 5. The molecule has 1 spiro atoms. The third-order valence-corrected chi connectivity index (χ3v) is 12.7. The van der Waals surface area contributed by atoms with Crippen LogP contribution in [0, 0.1) is 50.2 Å². The first-order chi connectivity index (χ1) is 16.2. The van der Waals surface area contributed by atoms with Gasteiger partial charge in [-0.2, -0.15) is 5.26 Å². The van der Waals surface area contributed by atoms with E-state index >= 15 is 0 Å². The van der Waals surface area contributed by atoms with Crippen molar-refractivity contribution in [3.05, 3.63) is 23.3 Å². The van der Waals surface area contributed by atoms with Crippen molar-refractivity contribution in [1.82, 2.24) is 0 Å². The minimum atomic E-state index is -1.02. The number of allylic oxidation sites excluding steroid dienone is 3. The summed E-state index contributed by atoms with van der Waals surface area (Å²) in [5.74, 6) is 0.340. The van der Waals surface area contributed by atoms with E-state index in [4.69, 9.17) is 4.99 Å². The van der Waals surface area contributed by atoms with Crippen molar-refractivity contribution in [2.45, 2.75) is 97.6 Å². The number of nitriles is 1. The highest BCUT2D eigenvalue weighted by Gasteiger charge is 2.78. The van der Waals surface area contributed by atoms with Crippen molar-refractivity contribution in [3.8, 4) is 6.07 Å². The summed E-state index contributed by atoms with van der Waals surface area (Å²) in [4.78, 5) is 18.5. The van der Waals surface area contributed by atoms with Gasteiger partial charge in [-0.1, -0.05) is 53.2 Å². The number of aliphatic hydroxyl groups excluding tert-OH is 1. The van der Waals surface area contributed by atoms with E-state index in [1.54, 1.807) is 0 Å². The minimum absolute atomic E-state index is 0.0225. The van der Waals surface area contributed by atoms with Crippen LogP contribution in [-0.2, 0) is 4.79 Å². The van der Waals surface area contributed by atoms with Crippen LogP contribution in [-0.4, -0.2) is 39.5 Å². The predicted octanol–water partition coefficient (Wildman–Crippen LogP) is 4.93. The van der Waals surface area contributed by atoms with Gasteiger partial charge in [0.2, 0.25) is 0 Å². The zero-order valence-electron chi connectivity index (χ0n) is 22.2. The summed E-state index contributed by atoms with van der Waals surface area (Å²) < 4.78 is 0. The third-order valence-electron chi connectivity index (χ3n) is 12.7. The van der Waals surface area contributed by atoms with Gasteiger partial charge in [0.15, 0.2) is 5.78 Å². The second-order valence-corrected chi connectivity index (χ2v) is 14.4. The molecule has 2 N–H and O–H groups in total. The standard InChI is InChI=1S/C30H40N2O3/c1-24(2)19-7-8-27(5)20(26(19,4)14-18(16-31)23(24)34)13-22-30(32-22)21-15-29(35,17-33)12-10-25(21,3)9-11-28(27,30)6/h13-14,19,21,33,35H,7-12,15,17H2,1-6H3/t19-,21+,25-,26-,27+,28-,29?,30+/m0/s1. The van der Waals surface area contributed by atoms with Gasteiger partial charge in [-0.25, -0.2) is 0 Å². The first kappa shape index (κ1) is 23.6. The normalized spacial score (nSPS) is 53.3. The molecule has 5 heteroatoms. The van der Waals surface area contributed by atoms with Gasteiger partial charge in [-0.15, -0.1) is 0 Å². The van der Waals surface area contributed by atoms with E-state index in [1.807, 2.05) is 19.9 Å². The van der Waals surface area contributed by atoms with E-state index < -0.39 is 11.0 Å². The molecule has 0 amide bonds. The summed E-state index contributed by atoms with van der Waals surface area (Å²) in [5, 5.41) is 31.1. The fourth-order valence-electron chi connectivity index (χ4n) is 10.2. The number of carbonyl (C=O) groups is 1. The van der Waals surface area contributed by atoms with Crippen LogP contribution in [0.5, 0.6) is 0 Å². The minimum Gasteiger partial charge on any atom is -0.393 e. The number of ketones is 1. The molecule has 188 valence electrons. The molecule has 0 aromatic heterocycles. The van der Waals surface area contributed by atoms with Crippen LogP contribution in [0.1, 0.15) is 86.5 Å². The predicted molar refractivity (Wildman–Crippen MR) is 134 cm³/mol. The van der Waals surface area contributed by atoms with Crippen molar-refractivity contribution >= 4 is 11.5 Å². The van der Waals surface area contributed by atoms with Crippen LogP contribution in [0.2, 0.25) is 0 Å². The van der Waals surface area contributed by atoms with E-state index in [0.29, 0.717) is 18.4 Å². The molecule has 1 aliphatic heterocycles. The van der Waals surface area contributed by atoms with Gasteiger partial charge >= 0.3 is 0 Å². The molecule has 3 fully saturated rings. The second kappa shape index (κ2) is 6.37. The SMILES string of the molecule is CC1(C)C(=O)C(C#N)=C[C@]2(C)C3=CC4=N[C@]45[C@@H]4CC(O)(CO)CC[C@]4(C)CC[C@@]5(C)[C@]3(C)CC[C@@H]12. The number of rotatable bonds is 1. The summed E-state index contributed by atoms with van der Waals surface area (Å²) in [6, 6.07) is 2.22. The van der Waals surface area contributed by atoms with Crippen molar-refractivity contribution in [1.29, 1.82) is 5.26 Å². The molecule has 0 bridgehead atoms. The Morgan fingerprint density at radius 2 is 1.74 bits per heavy atom. The molecular formula is C30H40N2O3. The Bertz CT molecular complexity index is 1190. The number of fused-ring (bicyclic) bond motifs is 5. The van der Waals surface area contributed by atoms with Gasteiger partial charge in [-0.05, 0) is 73.7 Å². The van der Waals surface area contributed by atoms with Gasteiger partial charge in [0.25, 0.3) is 0 Å². The van der Waals surface area contributed by atoms with E-state index in [0.717, 1.165) is 37.8 Å². The Balaban J connectivity index is 1.53. The van der Waals surface area contributed by atoms with E-state index in [2.05, 4.69) is 39.8 Å². The Morgan fingerprint density at radius 1 is 1.06 bits per heavy atom. The van der Waals surface area contributed by atoms with Gasteiger partial charge in [0.1, 0.15) is 11.6 Å². The van der Waals surface area contributed by atoms with Gasteiger partial charge < -0.3 is 10.2 Å². The highest BCUT2D eigenvalue weighted by atomic mass is 16.3. The van der Waals surface area contributed by atoms with Crippen LogP contribution in [0.3, 0.4) is 0 Å². The quantitative estimate of drug-likeness (QED) is 0.561. The summed E-state index contributed by atoms with van der Waals surface area (Å²) in [6.07, 6.45) is 10.6. The molecule has 0 saturated heterocycles. The molecule has 0 aromatic carbocycles. The zero-order chi connectivity index (χ0) is 25.4. The summed E-state index contributed by atoms with van der Waals surface area (Å²) in [5.41, 5.74) is 0.439. The van der Waals surface area contributed by atoms with E-state index in [9.17, 15) is 20.3 Å². The van der Waals surface area contributed by atoms with Crippen LogP contribution in [0.4, 0.5) is 0 Å². The van der Waals surface area contributed by atoms with Gasteiger partial charge in [-0.3, -0.25) is 9.79 Å². The Labute approximate surface area is 209 Å². The number of aliphatic hydroxyl groups is 2. The van der Waals surface area contributed by atoms with E-state index in [-0.39, 0.29) is 51.4 Å². The zero-order valence-corrected chi connectivity index (χ0v) is 22.2. The molecule has 35 heavy (non-hydrogen) atoms. The lowest BCUT2D eigenvalue weighted by atomic mass is 9.34. The van der Waals surface area contributed by atoms with Crippen molar-refractivity contribution in [3.63, 3.8) is 0 Å². The molecule has 3 saturated carbocycles.